The fourth-order valence-electron chi connectivity index (χ4n) is 9.54. The van der Waals surface area contributed by atoms with Gasteiger partial charge in [-0.25, -0.2) is 0 Å². The second-order valence-electron chi connectivity index (χ2n) is 14.8. The van der Waals surface area contributed by atoms with Gasteiger partial charge in [-0.05, 0) is 76.2 Å². The molecular formula is C39H50N2O6. The topological polar surface area (TPSA) is 96.4 Å². The molecule has 47 heavy (non-hydrogen) atoms. The Morgan fingerprint density at radius 3 is 2.57 bits per heavy atom. The SMILES string of the molecule is CCCCCN(C(=O)CCCCC(=O)c1ccccc1)[C@H]1CC[C@H]2[C@H]3Cc4c(O)cc(OC(C)=O)c5c4[C@@]2(CCN3CC2CC2)[C@H]1O5. The molecule has 1 N–H and O–H groups in total. The Bertz CT molecular complexity index is 1500. The number of amides is 1. The van der Waals surface area contributed by atoms with Gasteiger partial charge in [-0.1, -0.05) is 50.1 Å². The fraction of sp³-hybridized carbons (Fsp3) is 0.615. The molecule has 8 heteroatoms. The maximum absolute atomic E-state index is 14.2. The lowest BCUT2D eigenvalue weighted by molar-refractivity contribution is -0.143. The van der Waals surface area contributed by atoms with Gasteiger partial charge < -0.3 is 19.5 Å². The van der Waals surface area contributed by atoms with Crippen LogP contribution in [-0.4, -0.2) is 70.4 Å². The smallest absolute Gasteiger partial charge is 0.308 e. The van der Waals surface area contributed by atoms with Crippen LogP contribution in [-0.2, 0) is 21.4 Å². The molecule has 2 heterocycles. The Morgan fingerprint density at radius 1 is 1.04 bits per heavy atom. The Morgan fingerprint density at radius 2 is 1.83 bits per heavy atom. The van der Waals surface area contributed by atoms with Crippen LogP contribution in [0, 0.1) is 11.8 Å². The molecule has 252 valence electrons. The van der Waals surface area contributed by atoms with Crippen LogP contribution >= 0.6 is 0 Å². The molecule has 5 aliphatic rings. The highest BCUT2D eigenvalue weighted by Gasteiger charge is 2.67. The minimum Gasteiger partial charge on any atom is -0.508 e. The molecule has 7 rings (SSSR count). The van der Waals surface area contributed by atoms with E-state index in [1.807, 2.05) is 30.3 Å². The normalized spacial score (nSPS) is 27.1. The maximum atomic E-state index is 14.2. The average Bonchev–Trinajstić information content (AvgIpc) is 3.82. The second-order valence-corrected chi connectivity index (χ2v) is 14.8. The van der Waals surface area contributed by atoms with E-state index in [1.165, 1.54) is 19.8 Å². The molecule has 3 aliphatic carbocycles. The van der Waals surface area contributed by atoms with Gasteiger partial charge in [-0.15, -0.1) is 0 Å². The minimum atomic E-state index is -0.445. The van der Waals surface area contributed by atoms with E-state index in [2.05, 4.69) is 16.7 Å². The second kappa shape index (κ2) is 13.3. The van der Waals surface area contributed by atoms with Crippen molar-refractivity contribution in [3.05, 3.63) is 53.1 Å². The largest absolute Gasteiger partial charge is 0.508 e. The quantitative estimate of drug-likeness (QED) is 0.107. The van der Waals surface area contributed by atoms with Crippen LogP contribution in [0.3, 0.4) is 0 Å². The number of unbranched alkanes of at least 4 members (excludes halogenated alkanes) is 3. The lowest BCUT2D eigenvalue weighted by Crippen LogP contribution is -2.69. The van der Waals surface area contributed by atoms with Gasteiger partial charge in [0, 0.05) is 67.1 Å². The highest BCUT2D eigenvalue weighted by atomic mass is 16.6. The number of ether oxygens (including phenoxy) is 2. The molecule has 8 nitrogen and oxygen atoms in total. The highest BCUT2D eigenvalue weighted by molar-refractivity contribution is 5.96. The minimum absolute atomic E-state index is 0.108. The predicted octanol–water partition coefficient (Wildman–Crippen LogP) is 6.60. The van der Waals surface area contributed by atoms with Crippen molar-refractivity contribution in [2.45, 2.75) is 121 Å². The van der Waals surface area contributed by atoms with Crippen LogP contribution in [0.4, 0.5) is 0 Å². The summed E-state index contributed by atoms with van der Waals surface area (Å²) < 4.78 is 12.7. The van der Waals surface area contributed by atoms with Crippen LogP contribution < -0.4 is 9.47 Å². The molecule has 0 radical (unpaired) electrons. The number of esters is 1. The number of nitrogens with zero attached hydrogens (tertiary/aromatic N) is 2. The van der Waals surface area contributed by atoms with E-state index in [-0.39, 0.29) is 35.0 Å². The molecule has 2 aromatic rings. The molecule has 2 aliphatic heterocycles. The number of carbonyl (C=O) groups excluding carboxylic acids is 3. The van der Waals surface area contributed by atoms with Crippen molar-refractivity contribution >= 4 is 17.7 Å². The summed E-state index contributed by atoms with van der Waals surface area (Å²) in [4.78, 5) is 43.8. The standard InChI is InChI=1S/C39H50N2O6/c1-3-4-10-20-41(35(45)14-9-8-13-32(43)27-11-6-5-7-12-27)30-18-17-29-31-22-28-33(44)23-34(46-25(2)42)37-36(28)39(29,38(30)47-37)19-21-40(31)24-26-15-16-26/h5-7,11-12,23,26,29-31,38,44H,3-4,8-10,13-22,24H2,1-2H3/t29-,30-,31+,38-,39-/m0/s1. The summed E-state index contributed by atoms with van der Waals surface area (Å²) in [7, 11) is 0. The van der Waals surface area contributed by atoms with Gasteiger partial charge in [-0.3, -0.25) is 19.3 Å². The fourth-order valence-corrected chi connectivity index (χ4v) is 9.54. The summed E-state index contributed by atoms with van der Waals surface area (Å²) in [6, 6.07) is 11.2. The predicted molar refractivity (Wildman–Crippen MR) is 179 cm³/mol. The Labute approximate surface area is 278 Å². The number of hydrogen-bond donors (Lipinski definition) is 1. The lowest BCUT2D eigenvalue weighted by Gasteiger charge is -2.60. The first-order valence-corrected chi connectivity index (χ1v) is 18.2. The molecular weight excluding hydrogens is 592 g/mol. The van der Waals surface area contributed by atoms with Gasteiger partial charge in [0.15, 0.2) is 17.3 Å². The molecule has 1 amide bonds. The summed E-state index contributed by atoms with van der Waals surface area (Å²) in [6.07, 6.45) is 11.1. The number of Topliss-reactive ketones (excluding diaryl/α,β-unsaturated/α-hetero) is 1. The summed E-state index contributed by atoms with van der Waals surface area (Å²) in [5.74, 6) is 2.02. The van der Waals surface area contributed by atoms with E-state index < -0.39 is 5.97 Å². The van der Waals surface area contributed by atoms with Crippen LogP contribution in [0.25, 0.3) is 0 Å². The van der Waals surface area contributed by atoms with Crippen LogP contribution in [0.5, 0.6) is 17.2 Å². The van der Waals surface area contributed by atoms with Crippen molar-refractivity contribution < 1.29 is 29.0 Å². The number of likely N-dealkylation sites (tertiary alicyclic amines) is 1. The van der Waals surface area contributed by atoms with E-state index in [4.69, 9.17) is 9.47 Å². The molecule has 1 spiro atoms. The van der Waals surface area contributed by atoms with Crippen molar-refractivity contribution in [1.82, 2.24) is 9.80 Å². The van der Waals surface area contributed by atoms with Gasteiger partial charge in [0.25, 0.3) is 0 Å². The Balaban J connectivity index is 1.17. The maximum Gasteiger partial charge on any atom is 0.308 e. The van der Waals surface area contributed by atoms with Crippen molar-refractivity contribution in [3.63, 3.8) is 0 Å². The summed E-state index contributed by atoms with van der Waals surface area (Å²) in [5, 5.41) is 11.4. The molecule has 2 bridgehead atoms. The van der Waals surface area contributed by atoms with E-state index in [0.29, 0.717) is 55.7 Å². The van der Waals surface area contributed by atoms with Crippen molar-refractivity contribution in [1.29, 1.82) is 0 Å². The number of aromatic hydroxyl groups is 1. The first kappa shape index (κ1) is 32.2. The van der Waals surface area contributed by atoms with E-state index >= 15 is 0 Å². The zero-order chi connectivity index (χ0) is 32.7. The lowest BCUT2D eigenvalue weighted by atomic mass is 9.50. The third-order valence-corrected chi connectivity index (χ3v) is 11.8. The number of piperidine rings is 1. The number of hydrogen-bond acceptors (Lipinski definition) is 7. The van der Waals surface area contributed by atoms with E-state index in [1.54, 1.807) is 6.07 Å². The number of carbonyl (C=O) groups is 3. The molecule has 3 fully saturated rings. The number of ketones is 1. The van der Waals surface area contributed by atoms with Gasteiger partial charge in [0.05, 0.1) is 6.04 Å². The average molecular weight is 643 g/mol. The van der Waals surface area contributed by atoms with E-state index in [0.717, 1.165) is 80.6 Å². The number of rotatable bonds is 14. The molecule has 0 unspecified atom stereocenters. The van der Waals surface area contributed by atoms with Gasteiger partial charge in [-0.2, -0.15) is 0 Å². The van der Waals surface area contributed by atoms with E-state index in [9.17, 15) is 19.5 Å². The van der Waals surface area contributed by atoms with Gasteiger partial charge in [0.1, 0.15) is 11.9 Å². The van der Waals surface area contributed by atoms with Crippen LogP contribution in [0.1, 0.15) is 112 Å². The third-order valence-electron chi connectivity index (χ3n) is 11.8. The number of phenolic OH excluding ortho intramolecular Hbond substituents is 1. The monoisotopic (exact) mass is 642 g/mol. The molecule has 1 saturated heterocycles. The molecule has 0 aromatic heterocycles. The summed E-state index contributed by atoms with van der Waals surface area (Å²) in [5.41, 5.74) is 2.36. The number of benzene rings is 2. The highest BCUT2D eigenvalue weighted by Crippen LogP contribution is 2.66. The summed E-state index contributed by atoms with van der Waals surface area (Å²) in [6.45, 7) is 6.33. The van der Waals surface area contributed by atoms with Crippen LogP contribution in [0.2, 0.25) is 0 Å². The van der Waals surface area contributed by atoms with Gasteiger partial charge in [0.2, 0.25) is 5.91 Å². The summed E-state index contributed by atoms with van der Waals surface area (Å²) >= 11 is 0. The zero-order valence-corrected chi connectivity index (χ0v) is 28.0. The van der Waals surface area contributed by atoms with Crippen molar-refractivity contribution in [3.8, 4) is 17.2 Å². The van der Waals surface area contributed by atoms with Crippen LogP contribution in [0.15, 0.2) is 36.4 Å². The van der Waals surface area contributed by atoms with Crippen molar-refractivity contribution in [2.75, 3.05) is 19.6 Å². The molecule has 2 saturated carbocycles. The molecule has 2 aromatic carbocycles. The third kappa shape index (κ3) is 5.96. The Hall–Kier alpha value is -3.39. The van der Waals surface area contributed by atoms with Gasteiger partial charge >= 0.3 is 5.97 Å². The first-order chi connectivity index (χ1) is 22.8. The first-order valence-electron chi connectivity index (χ1n) is 18.2. The zero-order valence-electron chi connectivity index (χ0n) is 28.0. The Kier molecular flexibility index (Phi) is 9.07. The number of phenols is 1. The van der Waals surface area contributed by atoms with Crippen molar-refractivity contribution in [2.24, 2.45) is 11.8 Å². The molecule has 5 atom stereocenters.